The van der Waals surface area contributed by atoms with Crippen molar-refractivity contribution in [3.05, 3.63) is 46.6 Å². The average molecular weight is 279 g/mol. The van der Waals surface area contributed by atoms with Crippen LogP contribution in [0.5, 0.6) is 0 Å². The number of oxazole rings is 1. The Bertz CT molecular complexity index is 556. The zero-order chi connectivity index (χ0) is 13.8. The van der Waals surface area contributed by atoms with Gasteiger partial charge in [-0.05, 0) is 31.0 Å². The molecular weight excluding hydrogens is 264 g/mol. The number of halogens is 1. The number of nitrogens with zero attached hydrogens (tertiary/aromatic N) is 1. The fourth-order valence-electron chi connectivity index (χ4n) is 1.88. The van der Waals surface area contributed by atoms with Crippen molar-refractivity contribution >= 4 is 23.2 Å². The molecule has 0 aliphatic rings. The number of amides is 1. The number of aryl methyl sites for hydroxylation is 3. The van der Waals surface area contributed by atoms with E-state index in [-0.39, 0.29) is 5.91 Å². The van der Waals surface area contributed by atoms with Gasteiger partial charge in [0.1, 0.15) is 6.26 Å². The quantitative estimate of drug-likeness (QED) is 0.931. The number of hydrogen-bond acceptors (Lipinski definition) is 3. The third-order valence-corrected chi connectivity index (χ3v) is 3.09. The van der Waals surface area contributed by atoms with Crippen molar-refractivity contribution < 1.29 is 9.21 Å². The van der Waals surface area contributed by atoms with Gasteiger partial charge in [0.25, 0.3) is 0 Å². The summed E-state index contributed by atoms with van der Waals surface area (Å²) in [6, 6.07) is 3.82. The number of hydrogen-bond donors (Lipinski definition) is 1. The van der Waals surface area contributed by atoms with Gasteiger partial charge in [0, 0.05) is 12.8 Å². The molecule has 4 nitrogen and oxygen atoms in total. The summed E-state index contributed by atoms with van der Waals surface area (Å²) in [7, 11) is 0. The molecule has 5 heteroatoms. The standard InChI is InChI=1S/C14H15ClN2O2/c1-9-5-10(2)14(12(15)6-9)17-13(18)4-3-11-7-19-8-16-11/h5-8H,3-4H2,1-2H3,(H,17,18). The largest absolute Gasteiger partial charge is 0.451 e. The first-order chi connectivity index (χ1) is 9.06. The van der Waals surface area contributed by atoms with Crippen molar-refractivity contribution in [3.8, 4) is 0 Å². The van der Waals surface area contributed by atoms with Gasteiger partial charge in [0.15, 0.2) is 6.39 Å². The van der Waals surface area contributed by atoms with Crippen molar-refractivity contribution in [2.24, 2.45) is 0 Å². The van der Waals surface area contributed by atoms with E-state index >= 15 is 0 Å². The van der Waals surface area contributed by atoms with Gasteiger partial charge in [-0.15, -0.1) is 0 Å². The Morgan fingerprint density at radius 3 is 2.84 bits per heavy atom. The molecule has 0 saturated heterocycles. The average Bonchev–Trinajstić information content (AvgIpc) is 2.84. The molecule has 0 unspecified atom stereocenters. The molecule has 1 N–H and O–H groups in total. The van der Waals surface area contributed by atoms with Crippen LogP contribution in [-0.2, 0) is 11.2 Å². The lowest BCUT2D eigenvalue weighted by molar-refractivity contribution is -0.116. The van der Waals surface area contributed by atoms with Gasteiger partial charge in [-0.25, -0.2) is 4.98 Å². The van der Waals surface area contributed by atoms with Crippen LogP contribution in [0, 0.1) is 13.8 Å². The molecule has 1 aromatic heterocycles. The fourth-order valence-corrected chi connectivity index (χ4v) is 2.25. The number of nitrogens with one attached hydrogen (secondary N) is 1. The molecule has 2 rings (SSSR count). The van der Waals surface area contributed by atoms with Crippen molar-refractivity contribution in [3.63, 3.8) is 0 Å². The second-order valence-electron chi connectivity index (χ2n) is 4.47. The Balaban J connectivity index is 1.99. The van der Waals surface area contributed by atoms with Crippen molar-refractivity contribution in [2.45, 2.75) is 26.7 Å². The molecule has 0 fully saturated rings. The van der Waals surface area contributed by atoms with E-state index in [1.165, 1.54) is 12.7 Å². The summed E-state index contributed by atoms with van der Waals surface area (Å²) in [5.41, 5.74) is 3.47. The Morgan fingerprint density at radius 1 is 1.42 bits per heavy atom. The number of carbonyl (C=O) groups is 1. The van der Waals surface area contributed by atoms with Crippen LogP contribution in [0.4, 0.5) is 5.69 Å². The summed E-state index contributed by atoms with van der Waals surface area (Å²) in [5, 5.41) is 3.40. The smallest absolute Gasteiger partial charge is 0.224 e. The minimum Gasteiger partial charge on any atom is -0.451 e. The van der Waals surface area contributed by atoms with E-state index in [0.29, 0.717) is 23.6 Å². The van der Waals surface area contributed by atoms with E-state index in [9.17, 15) is 4.79 Å². The van der Waals surface area contributed by atoms with E-state index < -0.39 is 0 Å². The number of rotatable bonds is 4. The van der Waals surface area contributed by atoms with Gasteiger partial charge in [0.05, 0.1) is 16.4 Å². The van der Waals surface area contributed by atoms with E-state index in [1.807, 2.05) is 26.0 Å². The van der Waals surface area contributed by atoms with Crippen LogP contribution < -0.4 is 5.32 Å². The van der Waals surface area contributed by atoms with E-state index in [0.717, 1.165) is 16.8 Å². The first-order valence-corrected chi connectivity index (χ1v) is 6.37. The maximum Gasteiger partial charge on any atom is 0.224 e. The summed E-state index contributed by atoms with van der Waals surface area (Å²) >= 11 is 6.14. The Labute approximate surface area is 116 Å². The van der Waals surface area contributed by atoms with Crippen molar-refractivity contribution in [1.29, 1.82) is 0 Å². The summed E-state index contributed by atoms with van der Waals surface area (Å²) in [5.74, 6) is -0.0862. The molecule has 1 aromatic carbocycles. The van der Waals surface area contributed by atoms with Crippen LogP contribution in [-0.4, -0.2) is 10.9 Å². The Morgan fingerprint density at radius 2 is 2.21 bits per heavy atom. The van der Waals surface area contributed by atoms with Gasteiger partial charge in [-0.3, -0.25) is 4.79 Å². The molecule has 0 bridgehead atoms. The Kier molecular flexibility index (Phi) is 4.22. The molecule has 19 heavy (non-hydrogen) atoms. The first-order valence-electron chi connectivity index (χ1n) is 6.00. The number of aromatic nitrogens is 1. The SMILES string of the molecule is Cc1cc(C)c(NC(=O)CCc2cocn2)c(Cl)c1. The van der Waals surface area contributed by atoms with Crippen LogP contribution in [0.1, 0.15) is 23.2 Å². The molecule has 1 amide bonds. The zero-order valence-electron chi connectivity index (χ0n) is 10.9. The lowest BCUT2D eigenvalue weighted by atomic mass is 10.1. The highest BCUT2D eigenvalue weighted by Gasteiger charge is 2.10. The van der Waals surface area contributed by atoms with Gasteiger partial charge >= 0.3 is 0 Å². The molecule has 0 saturated carbocycles. The molecule has 2 aromatic rings. The second kappa shape index (κ2) is 5.89. The van der Waals surface area contributed by atoms with Crippen LogP contribution in [0.3, 0.4) is 0 Å². The van der Waals surface area contributed by atoms with Crippen molar-refractivity contribution in [2.75, 3.05) is 5.32 Å². The van der Waals surface area contributed by atoms with Crippen LogP contribution >= 0.6 is 11.6 Å². The summed E-state index contributed by atoms with van der Waals surface area (Å²) in [4.78, 5) is 15.8. The first kappa shape index (κ1) is 13.6. The summed E-state index contributed by atoms with van der Waals surface area (Å²) < 4.78 is 4.85. The minimum absolute atomic E-state index is 0.0862. The molecule has 0 aliphatic carbocycles. The molecule has 0 spiro atoms. The lowest BCUT2D eigenvalue weighted by Crippen LogP contribution is -2.13. The van der Waals surface area contributed by atoms with Gasteiger partial charge in [0.2, 0.25) is 5.91 Å². The molecule has 0 atom stereocenters. The monoisotopic (exact) mass is 278 g/mol. The van der Waals surface area contributed by atoms with Gasteiger partial charge in [-0.2, -0.15) is 0 Å². The molecule has 0 aliphatic heterocycles. The van der Waals surface area contributed by atoms with Crippen LogP contribution in [0.25, 0.3) is 0 Å². The normalized spacial score (nSPS) is 10.5. The zero-order valence-corrected chi connectivity index (χ0v) is 11.6. The molecular formula is C14H15ClN2O2. The van der Waals surface area contributed by atoms with E-state index in [1.54, 1.807) is 0 Å². The maximum absolute atomic E-state index is 11.9. The lowest BCUT2D eigenvalue weighted by Gasteiger charge is -2.11. The van der Waals surface area contributed by atoms with Gasteiger partial charge < -0.3 is 9.73 Å². The number of carbonyl (C=O) groups excluding carboxylic acids is 1. The van der Waals surface area contributed by atoms with Crippen LogP contribution in [0.2, 0.25) is 5.02 Å². The van der Waals surface area contributed by atoms with Crippen molar-refractivity contribution in [1.82, 2.24) is 4.98 Å². The summed E-state index contributed by atoms with van der Waals surface area (Å²) in [6.45, 7) is 3.89. The predicted octanol–water partition coefficient (Wildman–Crippen LogP) is 3.52. The minimum atomic E-state index is -0.0862. The highest BCUT2D eigenvalue weighted by Crippen LogP contribution is 2.27. The van der Waals surface area contributed by atoms with E-state index in [2.05, 4.69) is 10.3 Å². The topological polar surface area (TPSA) is 55.1 Å². The van der Waals surface area contributed by atoms with E-state index in [4.69, 9.17) is 16.0 Å². The number of anilines is 1. The Hall–Kier alpha value is -1.81. The molecule has 100 valence electrons. The third kappa shape index (κ3) is 3.58. The highest BCUT2D eigenvalue weighted by atomic mass is 35.5. The highest BCUT2D eigenvalue weighted by molar-refractivity contribution is 6.34. The summed E-state index contributed by atoms with van der Waals surface area (Å²) in [6.07, 6.45) is 3.78. The van der Waals surface area contributed by atoms with Gasteiger partial charge in [-0.1, -0.05) is 17.7 Å². The molecule has 1 heterocycles. The fraction of sp³-hybridized carbons (Fsp3) is 0.286. The predicted molar refractivity (Wildman–Crippen MR) is 74.4 cm³/mol. The second-order valence-corrected chi connectivity index (χ2v) is 4.87. The third-order valence-electron chi connectivity index (χ3n) is 2.79. The number of benzene rings is 1. The maximum atomic E-state index is 11.9. The van der Waals surface area contributed by atoms with Crippen LogP contribution in [0.15, 0.2) is 29.2 Å². The molecule has 0 radical (unpaired) electrons.